The summed E-state index contributed by atoms with van der Waals surface area (Å²) in [6.07, 6.45) is 0.884. The van der Waals surface area contributed by atoms with Crippen LogP contribution in [-0.4, -0.2) is 5.78 Å². The van der Waals surface area contributed by atoms with Crippen molar-refractivity contribution in [1.82, 2.24) is 0 Å². The summed E-state index contributed by atoms with van der Waals surface area (Å²) in [6.45, 7) is 0. The number of Topliss-reactive ketones (excluding diaryl/α,β-unsaturated/α-hetero) is 1. The average molecular weight is 298 g/mol. The summed E-state index contributed by atoms with van der Waals surface area (Å²) in [5.74, 6) is 0.271. The minimum absolute atomic E-state index is 0.0229. The van der Waals surface area contributed by atoms with Gasteiger partial charge in [0, 0.05) is 16.9 Å². The van der Waals surface area contributed by atoms with Gasteiger partial charge in [-0.15, -0.1) is 0 Å². The van der Waals surface area contributed by atoms with E-state index in [1.807, 2.05) is 42.5 Å². The maximum atomic E-state index is 13.0. The number of ketones is 1. The van der Waals surface area contributed by atoms with Crippen molar-refractivity contribution in [2.75, 3.05) is 0 Å². The summed E-state index contributed by atoms with van der Waals surface area (Å²) in [5.41, 5.74) is 3.11. The molecule has 1 saturated carbocycles. The van der Waals surface area contributed by atoms with Crippen molar-refractivity contribution in [2.24, 2.45) is 5.92 Å². The summed E-state index contributed by atoms with van der Waals surface area (Å²) in [4.78, 5) is 13.0. The summed E-state index contributed by atoms with van der Waals surface area (Å²) in [6, 6.07) is 30.5. The molecule has 4 rings (SSSR count). The van der Waals surface area contributed by atoms with E-state index >= 15 is 0 Å². The molecule has 0 spiro atoms. The smallest absolute Gasteiger partial charge is 0.167 e. The molecule has 1 atom stereocenters. The summed E-state index contributed by atoms with van der Waals surface area (Å²) >= 11 is 0. The largest absolute Gasteiger partial charge is 0.294 e. The molecular weight excluding hydrogens is 280 g/mol. The first-order chi connectivity index (χ1) is 11.3. The van der Waals surface area contributed by atoms with Crippen LogP contribution >= 0.6 is 0 Å². The molecule has 0 saturated heterocycles. The summed E-state index contributed by atoms with van der Waals surface area (Å²) < 4.78 is 0. The average Bonchev–Trinajstić information content (AvgIpc) is 3.40. The van der Waals surface area contributed by atoms with Crippen molar-refractivity contribution in [3.05, 3.63) is 108 Å². The van der Waals surface area contributed by atoms with Crippen LogP contribution in [0.2, 0.25) is 0 Å². The van der Waals surface area contributed by atoms with E-state index < -0.39 is 0 Å². The molecule has 1 nitrogen and oxygen atoms in total. The zero-order valence-electron chi connectivity index (χ0n) is 12.9. The summed E-state index contributed by atoms with van der Waals surface area (Å²) in [7, 11) is 0. The number of carbonyl (C=O) groups excluding carboxylic acids is 1. The van der Waals surface area contributed by atoms with E-state index in [1.165, 1.54) is 11.1 Å². The molecule has 3 aromatic rings. The number of hydrogen-bond acceptors (Lipinski definition) is 1. The quantitative estimate of drug-likeness (QED) is 0.628. The fourth-order valence-corrected chi connectivity index (χ4v) is 3.66. The Hall–Kier alpha value is -2.67. The van der Waals surface area contributed by atoms with Gasteiger partial charge in [0.05, 0.1) is 0 Å². The van der Waals surface area contributed by atoms with E-state index in [2.05, 4.69) is 48.5 Å². The van der Waals surface area contributed by atoms with Gasteiger partial charge in [-0.25, -0.2) is 0 Å². The molecule has 1 heteroatoms. The Labute approximate surface area is 136 Å². The Bertz CT molecular complexity index is 767. The van der Waals surface area contributed by atoms with Crippen LogP contribution in [0.15, 0.2) is 91.0 Å². The van der Waals surface area contributed by atoms with Crippen LogP contribution in [0.3, 0.4) is 0 Å². The molecule has 1 aliphatic rings. The minimum Gasteiger partial charge on any atom is -0.294 e. The Morgan fingerprint density at radius 1 is 0.696 bits per heavy atom. The SMILES string of the molecule is O=C(c1ccccc1)C1CC1(c1ccccc1)c1ccccc1. The molecule has 0 amide bonds. The molecular formula is C22H18O. The van der Waals surface area contributed by atoms with E-state index in [0.29, 0.717) is 0 Å². The zero-order valence-corrected chi connectivity index (χ0v) is 12.9. The highest BCUT2D eigenvalue weighted by Crippen LogP contribution is 2.59. The second kappa shape index (κ2) is 5.51. The van der Waals surface area contributed by atoms with Crippen LogP contribution < -0.4 is 0 Å². The normalized spacial score (nSPS) is 18.3. The first-order valence-electron chi connectivity index (χ1n) is 8.03. The Morgan fingerprint density at radius 3 is 1.61 bits per heavy atom. The first kappa shape index (κ1) is 14.0. The molecule has 0 radical (unpaired) electrons. The lowest BCUT2D eigenvalue weighted by Crippen LogP contribution is -2.17. The van der Waals surface area contributed by atoms with Crippen molar-refractivity contribution in [2.45, 2.75) is 11.8 Å². The van der Waals surface area contributed by atoms with Gasteiger partial charge in [0.15, 0.2) is 5.78 Å². The van der Waals surface area contributed by atoms with Gasteiger partial charge >= 0.3 is 0 Å². The molecule has 0 bridgehead atoms. The first-order valence-corrected chi connectivity index (χ1v) is 8.03. The third kappa shape index (κ3) is 2.29. The molecule has 1 fully saturated rings. The zero-order chi connectivity index (χ0) is 15.7. The van der Waals surface area contributed by atoms with Gasteiger partial charge in [-0.2, -0.15) is 0 Å². The fraction of sp³-hybridized carbons (Fsp3) is 0.136. The number of hydrogen-bond donors (Lipinski definition) is 0. The van der Waals surface area contributed by atoms with E-state index in [0.717, 1.165) is 12.0 Å². The lowest BCUT2D eigenvalue weighted by atomic mass is 9.84. The second-order valence-corrected chi connectivity index (χ2v) is 6.19. The van der Waals surface area contributed by atoms with Crippen LogP contribution in [0.4, 0.5) is 0 Å². The van der Waals surface area contributed by atoms with Gasteiger partial charge in [-0.05, 0) is 17.5 Å². The number of benzene rings is 3. The third-order valence-corrected chi connectivity index (χ3v) is 4.91. The van der Waals surface area contributed by atoms with Crippen molar-refractivity contribution >= 4 is 5.78 Å². The van der Waals surface area contributed by atoms with Gasteiger partial charge in [-0.1, -0.05) is 91.0 Å². The second-order valence-electron chi connectivity index (χ2n) is 6.19. The van der Waals surface area contributed by atoms with Gasteiger partial charge < -0.3 is 0 Å². The van der Waals surface area contributed by atoms with E-state index in [4.69, 9.17) is 0 Å². The predicted octanol–water partition coefficient (Wildman–Crippen LogP) is 4.88. The molecule has 1 unspecified atom stereocenters. The highest BCUT2D eigenvalue weighted by Gasteiger charge is 2.59. The van der Waals surface area contributed by atoms with Crippen LogP contribution in [0.1, 0.15) is 27.9 Å². The number of carbonyl (C=O) groups is 1. The van der Waals surface area contributed by atoms with Gasteiger partial charge in [0.25, 0.3) is 0 Å². The van der Waals surface area contributed by atoms with Crippen LogP contribution in [0, 0.1) is 5.92 Å². The molecule has 0 aliphatic heterocycles. The van der Waals surface area contributed by atoms with Gasteiger partial charge in [0.2, 0.25) is 0 Å². The molecule has 0 heterocycles. The van der Waals surface area contributed by atoms with Gasteiger partial charge in [-0.3, -0.25) is 4.79 Å². The highest BCUT2D eigenvalue weighted by molar-refractivity contribution is 6.01. The van der Waals surface area contributed by atoms with Crippen molar-refractivity contribution in [3.8, 4) is 0 Å². The lowest BCUT2D eigenvalue weighted by molar-refractivity contribution is 0.0960. The van der Waals surface area contributed by atoms with Crippen molar-refractivity contribution < 1.29 is 4.79 Å². The topological polar surface area (TPSA) is 17.1 Å². The molecule has 112 valence electrons. The highest BCUT2D eigenvalue weighted by atomic mass is 16.1. The third-order valence-electron chi connectivity index (χ3n) is 4.91. The minimum atomic E-state index is -0.171. The molecule has 1 aliphatic carbocycles. The standard InChI is InChI=1S/C22H18O/c23-21(17-10-4-1-5-11-17)20-16-22(20,18-12-6-2-7-13-18)19-14-8-3-9-15-19/h1-15,20H,16H2. The summed E-state index contributed by atoms with van der Waals surface area (Å²) in [5, 5.41) is 0. The van der Waals surface area contributed by atoms with Crippen molar-refractivity contribution in [1.29, 1.82) is 0 Å². The van der Waals surface area contributed by atoms with E-state index in [9.17, 15) is 4.79 Å². The van der Waals surface area contributed by atoms with E-state index in [-0.39, 0.29) is 17.1 Å². The predicted molar refractivity (Wildman–Crippen MR) is 92.5 cm³/mol. The van der Waals surface area contributed by atoms with Crippen molar-refractivity contribution in [3.63, 3.8) is 0 Å². The fourth-order valence-electron chi connectivity index (χ4n) is 3.66. The molecule has 0 N–H and O–H groups in total. The lowest BCUT2D eigenvalue weighted by Gasteiger charge is -2.18. The van der Waals surface area contributed by atoms with E-state index in [1.54, 1.807) is 0 Å². The van der Waals surface area contributed by atoms with Crippen LogP contribution in [0.5, 0.6) is 0 Å². The molecule has 3 aromatic carbocycles. The van der Waals surface area contributed by atoms with Crippen LogP contribution in [0.25, 0.3) is 0 Å². The monoisotopic (exact) mass is 298 g/mol. The Kier molecular flexibility index (Phi) is 3.34. The molecule has 23 heavy (non-hydrogen) atoms. The Morgan fingerprint density at radius 2 is 1.13 bits per heavy atom. The van der Waals surface area contributed by atoms with Gasteiger partial charge in [0.1, 0.15) is 0 Å². The molecule has 0 aromatic heterocycles. The maximum Gasteiger partial charge on any atom is 0.167 e. The maximum absolute atomic E-state index is 13.0. The number of rotatable bonds is 4. The van der Waals surface area contributed by atoms with Crippen LogP contribution in [-0.2, 0) is 5.41 Å². The Balaban J connectivity index is 1.77.